The van der Waals surface area contributed by atoms with Gasteiger partial charge in [-0.2, -0.15) is 0 Å². The van der Waals surface area contributed by atoms with Gasteiger partial charge in [0.05, 0.1) is 0 Å². The lowest BCUT2D eigenvalue weighted by atomic mass is 10.0. The normalized spacial score (nSPS) is 23.6. The second kappa shape index (κ2) is 20.4. The summed E-state index contributed by atoms with van der Waals surface area (Å²) < 4.78 is 0. The average molecular weight is 379 g/mol. The largest absolute Gasteiger partial charge is 0.300 e. The first-order valence-corrected chi connectivity index (χ1v) is 12.9. The molecule has 0 aromatic heterocycles. The second-order valence-corrected chi connectivity index (χ2v) is 9.17. The number of carbonyl (C=O) groups is 1. The van der Waals surface area contributed by atoms with Crippen LogP contribution in [0.3, 0.4) is 0 Å². The first-order valence-electron chi connectivity index (χ1n) is 12.9. The molecule has 1 rings (SSSR count). The molecule has 160 valence electrons. The van der Waals surface area contributed by atoms with Crippen LogP contribution in [0.2, 0.25) is 0 Å². The van der Waals surface area contributed by atoms with Gasteiger partial charge in [-0.05, 0) is 12.8 Å². The maximum absolute atomic E-state index is 11.9. The molecule has 0 spiro atoms. The van der Waals surface area contributed by atoms with Gasteiger partial charge in [-0.25, -0.2) is 0 Å². The average Bonchev–Trinajstić information content (AvgIpc) is 2.67. The SMILES string of the molecule is O=C1CCCCCCCCCCCCCCCCCCCCCCCCC1. The summed E-state index contributed by atoms with van der Waals surface area (Å²) in [5.74, 6) is 0.524. The maximum Gasteiger partial charge on any atom is 0.132 e. The van der Waals surface area contributed by atoms with Crippen LogP contribution in [-0.4, -0.2) is 5.78 Å². The molecule has 0 heterocycles. The summed E-state index contributed by atoms with van der Waals surface area (Å²) >= 11 is 0. The van der Waals surface area contributed by atoms with Gasteiger partial charge in [0.15, 0.2) is 0 Å². The molecule has 0 amide bonds. The first kappa shape index (κ1) is 24.7. The Morgan fingerprint density at radius 3 is 0.593 bits per heavy atom. The van der Waals surface area contributed by atoms with Gasteiger partial charge >= 0.3 is 0 Å². The summed E-state index contributed by atoms with van der Waals surface area (Å²) in [6, 6.07) is 0. The number of ketones is 1. The monoisotopic (exact) mass is 378 g/mol. The summed E-state index contributed by atoms with van der Waals surface area (Å²) in [5, 5.41) is 0. The van der Waals surface area contributed by atoms with Gasteiger partial charge < -0.3 is 0 Å². The van der Waals surface area contributed by atoms with Gasteiger partial charge in [-0.3, -0.25) is 4.79 Å². The molecule has 27 heavy (non-hydrogen) atoms. The zero-order chi connectivity index (χ0) is 19.3. The van der Waals surface area contributed by atoms with E-state index in [1.165, 1.54) is 135 Å². The Bertz CT molecular complexity index is 281. The predicted octanol–water partition coefficient (Wildman–Crippen LogP) is 9.32. The summed E-state index contributed by atoms with van der Waals surface area (Å²) in [5.41, 5.74) is 0. The predicted molar refractivity (Wildman–Crippen MR) is 120 cm³/mol. The van der Waals surface area contributed by atoms with Crippen LogP contribution in [0.25, 0.3) is 0 Å². The Morgan fingerprint density at radius 1 is 0.259 bits per heavy atom. The third-order valence-electron chi connectivity index (χ3n) is 6.41. The fourth-order valence-corrected chi connectivity index (χ4v) is 4.48. The number of hydrogen-bond donors (Lipinski definition) is 0. The molecule has 0 aliphatic heterocycles. The van der Waals surface area contributed by atoms with Crippen molar-refractivity contribution in [3.8, 4) is 0 Å². The van der Waals surface area contributed by atoms with Crippen LogP contribution in [0.4, 0.5) is 0 Å². The van der Waals surface area contributed by atoms with Crippen molar-refractivity contribution < 1.29 is 4.79 Å². The van der Waals surface area contributed by atoms with Gasteiger partial charge in [0, 0.05) is 12.8 Å². The van der Waals surface area contributed by atoms with E-state index in [-0.39, 0.29) is 0 Å². The molecule has 0 radical (unpaired) electrons. The summed E-state index contributed by atoms with van der Waals surface area (Å²) in [7, 11) is 0. The number of hydrogen-bond acceptors (Lipinski definition) is 1. The third kappa shape index (κ3) is 18.8. The topological polar surface area (TPSA) is 17.1 Å². The molecule has 1 heteroatoms. The molecule has 1 nitrogen and oxygen atoms in total. The highest BCUT2D eigenvalue weighted by molar-refractivity contribution is 5.78. The molecule has 1 fully saturated rings. The van der Waals surface area contributed by atoms with Gasteiger partial charge in [-0.1, -0.05) is 135 Å². The summed E-state index contributed by atoms with van der Waals surface area (Å²) in [6.45, 7) is 0. The van der Waals surface area contributed by atoms with E-state index in [2.05, 4.69) is 0 Å². The van der Waals surface area contributed by atoms with E-state index < -0.39 is 0 Å². The first-order chi connectivity index (χ1) is 13.4. The fourth-order valence-electron chi connectivity index (χ4n) is 4.48. The minimum absolute atomic E-state index is 0.524. The molecule has 0 saturated heterocycles. The number of rotatable bonds is 0. The van der Waals surface area contributed by atoms with Crippen molar-refractivity contribution in [2.24, 2.45) is 0 Å². The molecule has 0 aromatic rings. The van der Waals surface area contributed by atoms with Gasteiger partial charge in [-0.15, -0.1) is 0 Å². The molecule has 0 unspecified atom stereocenters. The van der Waals surface area contributed by atoms with Gasteiger partial charge in [0.1, 0.15) is 5.78 Å². The van der Waals surface area contributed by atoms with Crippen LogP contribution in [0.1, 0.15) is 161 Å². The minimum atomic E-state index is 0.524. The van der Waals surface area contributed by atoms with E-state index in [1.807, 2.05) is 0 Å². The van der Waals surface area contributed by atoms with Gasteiger partial charge in [0.2, 0.25) is 0 Å². The highest BCUT2D eigenvalue weighted by Crippen LogP contribution is 2.16. The van der Waals surface area contributed by atoms with E-state index >= 15 is 0 Å². The van der Waals surface area contributed by atoms with Crippen LogP contribution in [0, 0.1) is 0 Å². The van der Waals surface area contributed by atoms with E-state index in [0.29, 0.717) is 5.78 Å². The van der Waals surface area contributed by atoms with Crippen molar-refractivity contribution in [3.05, 3.63) is 0 Å². The Kier molecular flexibility index (Phi) is 18.7. The van der Waals surface area contributed by atoms with Crippen molar-refractivity contribution in [2.75, 3.05) is 0 Å². The van der Waals surface area contributed by atoms with Crippen LogP contribution in [0.5, 0.6) is 0 Å². The summed E-state index contributed by atoms with van der Waals surface area (Å²) in [4.78, 5) is 11.9. The number of Topliss-reactive ketones (excluding diaryl/α,β-unsaturated/α-hetero) is 1. The van der Waals surface area contributed by atoms with Gasteiger partial charge in [0.25, 0.3) is 0 Å². The van der Waals surface area contributed by atoms with E-state index in [9.17, 15) is 4.79 Å². The Hall–Kier alpha value is -0.330. The molecule has 1 saturated carbocycles. The van der Waals surface area contributed by atoms with E-state index in [1.54, 1.807) is 0 Å². The lowest BCUT2D eigenvalue weighted by molar-refractivity contribution is -0.119. The molecule has 1 aliphatic rings. The Labute approximate surface area is 171 Å². The Morgan fingerprint density at radius 2 is 0.407 bits per heavy atom. The van der Waals surface area contributed by atoms with Crippen molar-refractivity contribution in [2.45, 2.75) is 161 Å². The highest BCUT2D eigenvalue weighted by atomic mass is 16.1. The molecule has 0 N–H and O–H groups in total. The molecule has 1 aliphatic carbocycles. The zero-order valence-corrected chi connectivity index (χ0v) is 18.6. The van der Waals surface area contributed by atoms with Crippen molar-refractivity contribution in [3.63, 3.8) is 0 Å². The zero-order valence-electron chi connectivity index (χ0n) is 18.6. The summed E-state index contributed by atoms with van der Waals surface area (Å²) in [6.07, 6.45) is 33.7. The van der Waals surface area contributed by atoms with Crippen LogP contribution in [-0.2, 0) is 4.79 Å². The van der Waals surface area contributed by atoms with Crippen molar-refractivity contribution in [1.29, 1.82) is 0 Å². The molecule has 0 bridgehead atoms. The van der Waals surface area contributed by atoms with E-state index in [0.717, 1.165) is 25.7 Å². The van der Waals surface area contributed by atoms with Crippen LogP contribution in [0.15, 0.2) is 0 Å². The minimum Gasteiger partial charge on any atom is -0.300 e. The molecule has 0 aromatic carbocycles. The molecular formula is C26H50O. The van der Waals surface area contributed by atoms with Crippen molar-refractivity contribution in [1.82, 2.24) is 0 Å². The van der Waals surface area contributed by atoms with Crippen molar-refractivity contribution >= 4 is 5.78 Å². The Balaban J connectivity index is 2.07. The maximum atomic E-state index is 11.9. The van der Waals surface area contributed by atoms with Crippen LogP contribution < -0.4 is 0 Å². The highest BCUT2D eigenvalue weighted by Gasteiger charge is 2.02. The smallest absolute Gasteiger partial charge is 0.132 e. The molecular weight excluding hydrogens is 328 g/mol. The lowest BCUT2D eigenvalue weighted by Crippen LogP contribution is -1.97. The third-order valence-corrected chi connectivity index (χ3v) is 6.41. The fraction of sp³-hybridized carbons (Fsp3) is 0.962. The van der Waals surface area contributed by atoms with E-state index in [4.69, 9.17) is 0 Å². The standard InChI is InChI=1S/C26H50O/c27-26-24-22-20-18-16-14-12-10-8-6-4-2-1-3-5-7-9-11-13-15-17-19-21-23-25-26/h1-25H2. The number of carbonyl (C=O) groups excluding carboxylic acids is 1. The molecule has 0 atom stereocenters. The second-order valence-electron chi connectivity index (χ2n) is 9.17. The quantitative estimate of drug-likeness (QED) is 0.410. The van der Waals surface area contributed by atoms with Crippen LogP contribution >= 0.6 is 0 Å². The lowest BCUT2D eigenvalue weighted by Gasteiger charge is -2.05.